The van der Waals surface area contributed by atoms with E-state index in [4.69, 9.17) is 16.0 Å². The van der Waals surface area contributed by atoms with Crippen LogP contribution in [0.15, 0.2) is 53.1 Å². The van der Waals surface area contributed by atoms with Crippen molar-refractivity contribution in [1.82, 2.24) is 20.0 Å². The summed E-state index contributed by atoms with van der Waals surface area (Å²) in [6.07, 6.45) is 1.56. The number of hydrogen-bond donors (Lipinski definition) is 1. The summed E-state index contributed by atoms with van der Waals surface area (Å²) in [7, 11) is 0. The van der Waals surface area contributed by atoms with Crippen LogP contribution >= 0.6 is 11.6 Å². The summed E-state index contributed by atoms with van der Waals surface area (Å²) in [4.78, 5) is 26.4. The molecule has 0 bridgehead atoms. The van der Waals surface area contributed by atoms with Gasteiger partial charge < -0.3 is 14.6 Å². The molecular weight excluding hydrogens is 368 g/mol. The van der Waals surface area contributed by atoms with E-state index in [-0.39, 0.29) is 17.5 Å². The molecule has 0 spiro atoms. The SMILES string of the molecule is CC1C(=O)NCCN1C(=O)c1cc(-c2ccco2)n(-c2ccc(Cl)cc2)n1. The van der Waals surface area contributed by atoms with Crippen molar-refractivity contribution in [1.29, 1.82) is 0 Å². The third kappa shape index (κ3) is 3.21. The van der Waals surface area contributed by atoms with Gasteiger partial charge in [-0.3, -0.25) is 9.59 Å². The van der Waals surface area contributed by atoms with Gasteiger partial charge in [-0.1, -0.05) is 11.6 Å². The van der Waals surface area contributed by atoms with E-state index in [0.29, 0.717) is 29.6 Å². The van der Waals surface area contributed by atoms with Gasteiger partial charge in [0.25, 0.3) is 5.91 Å². The van der Waals surface area contributed by atoms with Crippen LogP contribution in [0.1, 0.15) is 17.4 Å². The number of piperazine rings is 1. The van der Waals surface area contributed by atoms with E-state index >= 15 is 0 Å². The highest BCUT2D eigenvalue weighted by atomic mass is 35.5. The third-order valence-corrected chi connectivity index (χ3v) is 4.79. The van der Waals surface area contributed by atoms with Gasteiger partial charge in [-0.15, -0.1) is 0 Å². The van der Waals surface area contributed by atoms with Crippen LogP contribution in [0, 0.1) is 0 Å². The van der Waals surface area contributed by atoms with Crippen LogP contribution in [0.3, 0.4) is 0 Å². The third-order valence-electron chi connectivity index (χ3n) is 4.53. The van der Waals surface area contributed by atoms with E-state index in [1.165, 1.54) is 4.90 Å². The van der Waals surface area contributed by atoms with Gasteiger partial charge in [-0.05, 0) is 43.3 Å². The van der Waals surface area contributed by atoms with Crippen molar-refractivity contribution in [3.8, 4) is 17.1 Å². The first kappa shape index (κ1) is 17.4. The first-order valence-electron chi connectivity index (χ1n) is 8.53. The highest BCUT2D eigenvalue weighted by Gasteiger charge is 2.32. The van der Waals surface area contributed by atoms with E-state index in [2.05, 4.69) is 10.4 Å². The van der Waals surface area contributed by atoms with Crippen LogP contribution in [-0.2, 0) is 4.79 Å². The fraction of sp³-hybridized carbons (Fsp3) is 0.211. The first-order valence-corrected chi connectivity index (χ1v) is 8.91. The molecule has 1 saturated heterocycles. The molecule has 1 unspecified atom stereocenters. The maximum absolute atomic E-state index is 13.0. The number of halogens is 1. The molecule has 3 aromatic rings. The average Bonchev–Trinajstić information content (AvgIpc) is 3.33. The monoisotopic (exact) mass is 384 g/mol. The Hall–Kier alpha value is -3.06. The number of furan rings is 1. The van der Waals surface area contributed by atoms with Crippen LogP contribution in [0.25, 0.3) is 17.1 Å². The minimum absolute atomic E-state index is 0.169. The van der Waals surface area contributed by atoms with Gasteiger partial charge in [-0.25, -0.2) is 4.68 Å². The second kappa shape index (κ2) is 6.92. The van der Waals surface area contributed by atoms with Crippen molar-refractivity contribution in [3.05, 3.63) is 59.4 Å². The van der Waals surface area contributed by atoms with Crippen molar-refractivity contribution in [2.45, 2.75) is 13.0 Å². The second-order valence-electron chi connectivity index (χ2n) is 6.25. The summed E-state index contributed by atoms with van der Waals surface area (Å²) in [5.41, 5.74) is 1.63. The Balaban J connectivity index is 1.76. The minimum Gasteiger partial charge on any atom is -0.463 e. The lowest BCUT2D eigenvalue weighted by atomic mass is 10.2. The molecule has 27 heavy (non-hydrogen) atoms. The first-order chi connectivity index (χ1) is 13.0. The number of amides is 2. The predicted molar refractivity (Wildman–Crippen MR) is 99.8 cm³/mol. The number of hydrogen-bond acceptors (Lipinski definition) is 4. The molecule has 0 radical (unpaired) electrons. The number of aromatic nitrogens is 2. The van der Waals surface area contributed by atoms with Gasteiger partial charge in [0.2, 0.25) is 5.91 Å². The van der Waals surface area contributed by atoms with Gasteiger partial charge in [0, 0.05) is 24.2 Å². The molecule has 1 aromatic carbocycles. The lowest BCUT2D eigenvalue weighted by Crippen LogP contribution is -2.55. The molecule has 2 aromatic heterocycles. The number of benzene rings is 1. The highest BCUT2D eigenvalue weighted by Crippen LogP contribution is 2.26. The Kier molecular flexibility index (Phi) is 4.45. The van der Waals surface area contributed by atoms with Crippen LogP contribution in [0.2, 0.25) is 5.02 Å². The fourth-order valence-electron chi connectivity index (χ4n) is 3.07. The topological polar surface area (TPSA) is 80.4 Å². The van der Waals surface area contributed by atoms with E-state index in [1.807, 2.05) is 12.1 Å². The van der Waals surface area contributed by atoms with Crippen molar-refractivity contribution in [2.24, 2.45) is 0 Å². The lowest BCUT2D eigenvalue weighted by Gasteiger charge is -2.32. The van der Waals surface area contributed by atoms with Crippen LogP contribution in [0.4, 0.5) is 0 Å². The molecule has 2 amide bonds. The highest BCUT2D eigenvalue weighted by molar-refractivity contribution is 6.30. The molecule has 4 rings (SSSR count). The number of nitrogens with zero attached hydrogens (tertiary/aromatic N) is 3. The molecule has 0 saturated carbocycles. The van der Waals surface area contributed by atoms with Gasteiger partial charge in [0.15, 0.2) is 11.5 Å². The zero-order chi connectivity index (χ0) is 19.0. The van der Waals surface area contributed by atoms with Crippen molar-refractivity contribution >= 4 is 23.4 Å². The molecule has 3 heterocycles. The predicted octanol–water partition coefficient (Wildman–Crippen LogP) is 2.75. The smallest absolute Gasteiger partial charge is 0.275 e. The van der Waals surface area contributed by atoms with E-state index in [9.17, 15) is 9.59 Å². The average molecular weight is 385 g/mol. The van der Waals surface area contributed by atoms with E-state index in [0.717, 1.165) is 5.69 Å². The molecule has 1 aliphatic heterocycles. The van der Waals surface area contributed by atoms with Gasteiger partial charge in [0.1, 0.15) is 11.7 Å². The Labute approximate surface area is 160 Å². The molecule has 1 fully saturated rings. The molecule has 7 nitrogen and oxygen atoms in total. The number of carbonyl (C=O) groups excluding carboxylic acids is 2. The molecule has 1 aliphatic rings. The molecule has 138 valence electrons. The minimum atomic E-state index is -0.543. The fourth-order valence-corrected chi connectivity index (χ4v) is 3.20. The van der Waals surface area contributed by atoms with E-state index < -0.39 is 6.04 Å². The summed E-state index contributed by atoms with van der Waals surface area (Å²) >= 11 is 5.98. The zero-order valence-electron chi connectivity index (χ0n) is 14.6. The van der Waals surface area contributed by atoms with Crippen molar-refractivity contribution in [2.75, 3.05) is 13.1 Å². The normalized spacial score (nSPS) is 17.0. The summed E-state index contributed by atoms with van der Waals surface area (Å²) < 4.78 is 7.14. The van der Waals surface area contributed by atoms with Gasteiger partial charge >= 0.3 is 0 Å². The Morgan fingerprint density at radius 2 is 2.07 bits per heavy atom. The maximum atomic E-state index is 13.0. The zero-order valence-corrected chi connectivity index (χ0v) is 15.3. The summed E-state index contributed by atoms with van der Waals surface area (Å²) in [5, 5.41) is 7.85. The Morgan fingerprint density at radius 3 is 2.78 bits per heavy atom. The number of carbonyl (C=O) groups is 2. The second-order valence-corrected chi connectivity index (χ2v) is 6.68. The molecule has 1 atom stereocenters. The molecule has 0 aliphatic carbocycles. The van der Waals surface area contributed by atoms with Crippen molar-refractivity contribution < 1.29 is 14.0 Å². The number of rotatable bonds is 3. The van der Waals surface area contributed by atoms with Crippen molar-refractivity contribution in [3.63, 3.8) is 0 Å². The quantitative estimate of drug-likeness (QED) is 0.753. The Bertz CT molecular complexity index is 979. The number of nitrogens with one attached hydrogen (secondary N) is 1. The molecular formula is C19H17ClN4O3. The lowest BCUT2D eigenvalue weighted by molar-refractivity contribution is -0.127. The van der Waals surface area contributed by atoms with Crippen LogP contribution < -0.4 is 5.32 Å². The standard InChI is InChI=1S/C19H17ClN4O3/c1-12-18(25)21-8-9-23(12)19(26)15-11-16(17-3-2-10-27-17)24(22-15)14-6-4-13(20)5-7-14/h2-7,10-12H,8-9H2,1H3,(H,21,25). The molecule has 1 N–H and O–H groups in total. The Morgan fingerprint density at radius 1 is 1.30 bits per heavy atom. The molecule has 8 heteroatoms. The largest absolute Gasteiger partial charge is 0.463 e. The van der Waals surface area contributed by atoms with Crippen LogP contribution in [0.5, 0.6) is 0 Å². The van der Waals surface area contributed by atoms with E-state index in [1.54, 1.807) is 48.2 Å². The summed E-state index contributed by atoms with van der Waals surface area (Å²) in [6.45, 7) is 2.57. The van der Waals surface area contributed by atoms with Gasteiger partial charge in [0.05, 0.1) is 12.0 Å². The summed E-state index contributed by atoms with van der Waals surface area (Å²) in [6, 6.07) is 11.8. The van der Waals surface area contributed by atoms with Crippen LogP contribution in [-0.4, -0.2) is 45.6 Å². The van der Waals surface area contributed by atoms with Gasteiger partial charge in [-0.2, -0.15) is 5.10 Å². The maximum Gasteiger partial charge on any atom is 0.275 e. The summed E-state index contributed by atoms with van der Waals surface area (Å²) in [5.74, 6) is 0.122.